The second-order valence-electron chi connectivity index (χ2n) is 7.00. The lowest BCUT2D eigenvalue weighted by Crippen LogP contribution is -2.47. The summed E-state index contributed by atoms with van der Waals surface area (Å²) in [6.45, 7) is 7.25. The van der Waals surface area contributed by atoms with Gasteiger partial charge in [0.1, 0.15) is 18.5 Å². The minimum atomic E-state index is -0.196. The number of amides is 1. The zero-order valence-corrected chi connectivity index (χ0v) is 17.9. The fourth-order valence-corrected chi connectivity index (χ4v) is 3.69. The number of halogens is 1. The van der Waals surface area contributed by atoms with E-state index in [0.29, 0.717) is 43.2 Å². The lowest BCUT2D eigenvalue weighted by molar-refractivity contribution is -0.0401. The Labute approximate surface area is 173 Å². The first-order valence-electron chi connectivity index (χ1n) is 9.27. The Morgan fingerprint density at radius 3 is 2.71 bits per heavy atom. The number of nitrogens with zero attached hydrogens (tertiary/aromatic N) is 1. The molecule has 5 nitrogen and oxygen atoms in total. The number of aryl methyl sites for hydroxylation is 1. The van der Waals surface area contributed by atoms with Crippen LogP contribution in [0.3, 0.4) is 0 Å². The van der Waals surface area contributed by atoms with Crippen molar-refractivity contribution in [2.24, 2.45) is 0 Å². The van der Waals surface area contributed by atoms with E-state index in [1.54, 1.807) is 19.1 Å². The number of ether oxygens (including phenoxy) is 2. The van der Waals surface area contributed by atoms with E-state index in [4.69, 9.17) is 9.47 Å². The van der Waals surface area contributed by atoms with E-state index in [0.717, 1.165) is 15.6 Å². The predicted octanol–water partition coefficient (Wildman–Crippen LogP) is 4.19. The SMILES string of the molecule is CC(=O)c1ccc(OCC2CN(C(=O)c3cccc(Br)c3C)CCO2)cc1C. The van der Waals surface area contributed by atoms with E-state index in [1.165, 1.54) is 0 Å². The number of carbonyl (C=O) groups is 2. The molecule has 0 spiro atoms. The number of Topliss-reactive ketones (excluding diaryl/α,β-unsaturated/α-hetero) is 1. The van der Waals surface area contributed by atoms with Gasteiger partial charge < -0.3 is 14.4 Å². The van der Waals surface area contributed by atoms with E-state index >= 15 is 0 Å². The average Bonchev–Trinajstić information content (AvgIpc) is 2.68. The van der Waals surface area contributed by atoms with E-state index < -0.39 is 0 Å². The molecule has 1 atom stereocenters. The van der Waals surface area contributed by atoms with Crippen molar-refractivity contribution in [3.8, 4) is 5.75 Å². The molecule has 148 valence electrons. The van der Waals surface area contributed by atoms with Crippen LogP contribution in [0.2, 0.25) is 0 Å². The Balaban J connectivity index is 1.62. The highest BCUT2D eigenvalue weighted by Crippen LogP contribution is 2.22. The molecule has 0 radical (unpaired) electrons. The van der Waals surface area contributed by atoms with Crippen LogP contribution in [0.25, 0.3) is 0 Å². The van der Waals surface area contributed by atoms with Gasteiger partial charge in [-0.1, -0.05) is 22.0 Å². The van der Waals surface area contributed by atoms with Crippen LogP contribution < -0.4 is 4.74 Å². The summed E-state index contributed by atoms with van der Waals surface area (Å²) < 4.78 is 12.6. The van der Waals surface area contributed by atoms with E-state index in [1.807, 2.05) is 43.0 Å². The summed E-state index contributed by atoms with van der Waals surface area (Å²) >= 11 is 3.48. The standard InChI is InChI=1S/C22H24BrNO4/c1-14-11-17(7-8-19(14)16(3)25)28-13-18-12-24(9-10-27-18)22(26)20-5-4-6-21(23)15(20)2/h4-8,11,18H,9-10,12-13H2,1-3H3. The number of morpholine rings is 1. The van der Waals surface area contributed by atoms with Gasteiger partial charge in [-0.05, 0) is 62.2 Å². The van der Waals surface area contributed by atoms with Gasteiger partial charge in [0.2, 0.25) is 0 Å². The maximum atomic E-state index is 12.9. The maximum absolute atomic E-state index is 12.9. The van der Waals surface area contributed by atoms with E-state index in [2.05, 4.69) is 15.9 Å². The van der Waals surface area contributed by atoms with Crippen molar-refractivity contribution in [2.45, 2.75) is 26.9 Å². The molecular weight excluding hydrogens is 422 g/mol. The third-order valence-corrected chi connectivity index (χ3v) is 5.80. The Kier molecular flexibility index (Phi) is 6.52. The molecule has 1 saturated heterocycles. The average molecular weight is 446 g/mol. The summed E-state index contributed by atoms with van der Waals surface area (Å²) in [5, 5.41) is 0. The maximum Gasteiger partial charge on any atom is 0.254 e. The van der Waals surface area contributed by atoms with Crippen molar-refractivity contribution in [3.63, 3.8) is 0 Å². The molecule has 1 heterocycles. The Morgan fingerprint density at radius 2 is 2.00 bits per heavy atom. The summed E-state index contributed by atoms with van der Waals surface area (Å²) in [7, 11) is 0. The summed E-state index contributed by atoms with van der Waals surface area (Å²) in [6, 6.07) is 11.1. The minimum Gasteiger partial charge on any atom is -0.491 e. The van der Waals surface area contributed by atoms with Gasteiger partial charge in [-0.15, -0.1) is 0 Å². The van der Waals surface area contributed by atoms with Gasteiger partial charge in [0, 0.05) is 22.1 Å². The predicted molar refractivity (Wildman–Crippen MR) is 111 cm³/mol. The van der Waals surface area contributed by atoms with Crippen LogP contribution >= 0.6 is 15.9 Å². The third-order valence-electron chi connectivity index (χ3n) is 4.94. The highest BCUT2D eigenvalue weighted by molar-refractivity contribution is 9.10. The highest BCUT2D eigenvalue weighted by Gasteiger charge is 2.26. The van der Waals surface area contributed by atoms with Gasteiger partial charge in [0.05, 0.1) is 13.2 Å². The third kappa shape index (κ3) is 4.62. The quantitative estimate of drug-likeness (QED) is 0.647. The molecular formula is C22H24BrNO4. The summed E-state index contributed by atoms with van der Waals surface area (Å²) in [5.74, 6) is 0.739. The van der Waals surface area contributed by atoms with Crippen molar-refractivity contribution in [2.75, 3.05) is 26.3 Å². The first-order chi connectivity index (χ1) is 13.4. The van der Waals surface area contributed by atoms with Crippen molar-refractivity contribution >= 4 is 27.6 Å². The van der Waals surface area contributed by atoms with Crippen molar-refractivity contribution in [1.82, 2.24) is 4.90 Å². The highest BCUT2D eigenvalue weighted by atomic mass is 79.9. The van der Waals surface area contributed by atoms with Crippen molar-refractivity contribution < 1.29 is 19.1 Å². The molecule has 3 rings (SSSR count). The molecule has 2 aromatic carbocycles. The number of hydrogen-bond acceptors (Lipinski definition) is 4. The van der Waals surface area contributed by atoms with E-state index in [-0.39, 0.29) is 17.8 Å². The van der Waals surface area contributed by atoms with Crippen LogP contribution in [0.5, 0.6) is 5.75 Å². The smallest absolute Gasteiger partial charge is 0.254 e. The van der Waals surface area contributed by atoms with Crippen molar-refractivity contribution in [3.05, 3.63) is 63.1 Å². The Bertz CT molecular complexity index is 896. The second kappa shape index (κ2) is 8.88. The fraction of sp³-hybridized carbons (Fsp3) is 0.364. The summed E-state index contributed by atoms with van der Waals surface area (Å²) in [6.07, 6.45) is -0.196. The van der Waals surface area contributed by atoms with Crippen LogP contribution in [-0.2, 0) is 4.74 Å². The van der Waals surface area contributed by atoms with Crippen LogP contribution in [0.15, 0.2) is 40.9 Å². The number of carbonyl (C=O) groups excluding carboxylic acids is 2. The zero-order chi connectivity index (χ0) is 20.3. The van der Waals surface area contributed by atoms with Gasteiger partial charge in [-0.2, -0.15) is 0 Å². The molecule has 0 N–H and O–H groups in total. The first-order valence-corrected chi connectivity index (χ1v) is 10.1. The molecule has 1 aliphatic heterocycles. The molecule has 1 aliphatic rings. The summed E-state index contributed by atoms with van der Waals surface area (Å²) in [4.78, 5) is 26.3. The van der Waals surface area contributed by atoms with Gasteiger partial charge >= 0.3 is 0 Å². The lowest BCUT2D eigenvalue weighted by atomic mass is 10.1. The van der Waals surface area contributed by atoms with E-state index in [9.17, 15) is 9.59 Å². The van der Waals surface area contributed by atoms with Gasteiger partial charge in [-0.25, -0.2) is 0 Å². The lowest BCUT2D eigenvalue weighted by Gasteiger charge is -2.33. The van der Waals surface area contributed by atoms with Crippen LogP contribution in [0.4, 0.5) is 0 Å². The van der Waals surface area contributed by atoms with Crippen LogP contribution in [0.1, 0.15) is 38.8 Å². The molecule has 1 fully saturated rings. The molecule has 2 aromatic rings. The topological polar surface area (TPSA) is 55.8 Å². The van der Waals surface area contributed by atoms with Crippen molar-refractivity contribution in [1.29, 1.82) is 0 Å². The normalized spacial score (nSPS) is 16.7. The Hall–Kier alpha value is -2.18. The van der Waals surface area contributed by atoms with Crippen LogP contribution in [0, 0.1) is 13.8 Å². The van der Waals surface area contributed by atoms with Crippen LogP contribution in [-0.4, -0.2) is 49.0 Å². The first kappa shape index (κ1) is 20.6. The van der Waals surface area contributed by atoms with Gasteiger partial charge in [0.25, 0.3) is 5.91 Å². The number of ketones is 1. The Morgan fingerprint density at radius 1 is 1.21 bits per heavy atom. The van der Waals surface area contributed by atoms with Gasteiger partial charge in [-0.3, -0.25) is 9.59 Å². The second-order valence-corrected chi connectivity index (χ2v) is 7.85. The molecule has 0 aromatic heterocycles. The van der Waals surface area contributed by atoms with Gasteiger partial charge in [0.15, 0.2) is 5.78 Å². The molecule has 1 amide bonds. The zero-order valence-electron chi connectivity index (χ0n) is 16.3. The number of rotatable bonds is 5. The number of benzene rings is 2. The number of hydrogen-bond donors (Lipinski definition) is 0. The molecule has 6 heteroatoms. The molecule has 0 saturated carbocycles. The molecule has 0 aliphatic carbocycles. The molecule has 1 unspecified atom stereocenters. The molecule has 28 heavy (non-hydrogen) atoms. The largest absolute Gasteiger partial charge is 0.491 e. The molecule has 0 bridgehead atoms. The minimum absolute atomic E-state index is 0.00811. The monoisotopic (exact) mass is 445 g/mol. The summed E-state index contributed by atoms with van der Waals surface area (Å²) in [5.41, 5.74) is 3.22. The fourth-order valence-electron chi connectivity index (χ4n) is 3.32.